The first kappa shape index (κ1) is 29.3. The number of allylic oxidation sites excluding steroid dienone is 2. The van der Waals surface area contributed by atoms with Crippen molar-refractivity contribution in [2.75, 3.05) is 31.9 Å². The van der Waals surface area contributed by atoms with E-state index < -0.39 is 39.1 Å². The van der Waals surface area contributed by atoms with Crippen LogP contribution in [-0.2, 0) is 25.8 Å². The summed E-state index contributed by atoms with van der Waals surface area (Å²) in [7, 11) is -3.37. The molecule has 1 saturated heterocycles. The Morgan fingerprint density at radius 1 is 1.19 bits per heavy atom. The Morgan fingerprint density at radius 3 is 2.36 bits per heavy atom. The van der Waals surface area contributed by atoms with Crippen molar-refractivity contribution in [3.63, 3.8) is 0 Å². The van der Waals surface area contributed by atoms with Gasteiger partial charge in [0.15, 0.2) is 0 Å². The van der Waals surface area contributed by atoms with Crippen molar-refractivity contribution in [3.8, 4) is 0 Å². The van der Waals surface area contributed by atoms with E-state index in [2.05, 4.69) is 5.32 Å². The summed E-state index contributed by atoms with van der Waals surface area (Å²) in [6, 6.07) is 3.41. The molecule has 0 spiro atoms. The molecule has 0 unspecified atom stereocenters. The van der Waals surface area contributed by atoms with Gasteiger partial charge in [-0.1, -0.05) is 36.4 Å². The number of nitrogens with zero attached hydrogens (tertiary/aromatic N) is 1. The molecule has 0 radical (unpaired) electrons. The highest BCUT2D eigenvalue weighted by atomic mass is 32.2. The number of sulfonamides is 1. The summed E-state index contributed by atoms with van der Waals surface area (Å²) < 4.78 is 63.5. The second-order valence-electron chi connectivity index (χ2n) is 8.65. The normalized spacial score (nSPS) is 21.0. The van der Waals surface area contributed by atoms with Crippen LogP contribution < -0.4 is 5.32 Å². The van der Waals surface area contributed by atoms with E-state index in [1.54, 1.807) is 13.0 Å². The Labute approximate surface area is 207 Å². The molecule has 1 aliphatic heterocycles. The fourth-order valence-electron chi connectivity index (χ4n) is 3.55. The van der Waals surface area contributed by atoms with Crippen molar-refractivity contribution in [1.29, 1.82) is 0 Å². The standard InChI is InChI=1S/C15H19F3N2O2S.C9H10O4/c1-12-11-14(15(16,17)18)5-4-13(12)3-2-10-23(21,22)20-8-6-19-7-9-20;1-9(8(12)13)4-2-3-6(5-9)7(10)11/h2-5,11,19H,6-10H2,1H3;2-4H,5H2,1H3,(H,10,11)(H,12,13)/t;9-/m.1/s1. The maximum Gasteiger partial charge on any atom is 0.416 e. The van der Waals surface area contributed by atoms with E-state index in [0.29, 0.717) is 37.3 Å². The maximum atomic E-state index is 12.6. The summed E-state index contributed by atoms with van der Waals surface area (Å²) in [6.07, 6.45) is 3.09. The first-order valence-corrected chi connectivity index (χ1v) is 12.6. The Hall–Kier alpha value is -2.96. The summed E-state index contributed by atoms with van der Waals surface area (Å²) in [5.74, 6) is -2.22. The third-order valence-corrected chi connectivity index (χ3v) is 7.52. The second kappa shape index (κ2) is 11.8. The van der Waals surface area contributed by atoms with Gasteiger partial charge in [0.2, 0.25) is 10.0 Å². The van der Waals surface area contributed by atoms with Crippen LogP contribution in [0, 0.1) is 12.3 Å². The van der Waals surface area contributed by atoms with E-state index in [1.807, 2.05) is 0 Å². The molecule has 3 rings (SSSR count). The van der Waals surface area contributed by atoms with Crippen molar-refractivity contribution in [3.05, 3.63) is 64.8 Å². The lowest BCUT2D eigenvalue weighted by Gasteiger charge is -2.26. The molecule has 1 aromatic carbocycles. The Morgan fingerprint density at radius 2 is 1.83 bits per heavy atom. The number of aryl methyl sites for hydroxylation is 1. The smallest absolute Gasteiger partial charge is 0.416 e. The fourth-order valence-corrected chi connectivity index (χ4v) is 4.84. The molecule has 2 aliphatic rings. The number of piperazine rings is 1. The average Bonchev–Trinajstić information content (AvgIpc) is 2.80. The van der Waals surface area contributed by atoms with Crippen molar-refractivity contribution in [2.24, 2.45) is 5.41 Å². The monoisotopic (exact) mass is 530 g/mol. The van der Waals surface area contributed by atoms with Gasteiger partial charge in [0, 0.05) is 31.8 Å². The first-order chi connectivity index (χ1) is 16.7. The van der Waals surface area contributed by atoms with E-state index in [9.17, 15) is 31.2 Å². The number of benzene rings is 1. The Kier molecular flexibility index (Phi) is 9.64. The largest absolute Gasteiger partial charge is 0.481 e. The fraction of sp³-hybridized carbons (Fsp3) is 0.417. The quantitative estimate of drug-likeness (QED) is 0.516. The third-order valence-electron chi connectivity index (χ3n) is 5.75. The van der Waals surface area contributed by atoms with E-state index in [4.69, 9.17) is 10.2 Å². The van der Waals surface area contributed by atoms with Gasteiger partial charge in [0.25, 0.3) is 0 Å². The molecule has 0 saturated carbocycles. The van der Waals surface area contributed by atoms with Crippen molar-refractivity contribution >= 4 is 28.0 Å². The minimum atomic E-state index is -4.38. The summed E-state index contributed by atoms with van der Waals surface area (Å²) in [5, 5.41) is 20.6. The number of aliphatic carboxylic acids is 2. The van der Waals surface area contributed by atoms with Gasteiger partial charge in [0.05, 0.1) is 16.7 Å². The number of hydrogen-bond donors (Lipinski definition) is 3. The van der Waals surface area contributed by atoms with Crippen molar-refractivity contribution in [2.45, 2.75) is 26.4 Å². The highest BCUT2D eigenvalue weighted by molar-refractivity contribution is 7.89. The number of carbonyl (C=O) groups is 2. The van der Waals surface area contributed by atoms with Gasteiger partial charge in [-0.3, -0.25) is 4.79 Å². The molecule has 1 atom stereocenters. The highest BCUT2D eigenvalue weighted by Gasteiger charge is 2.34. The molecule has 1 fully saturated rings. The molecule has 0 bridgehead atoms. The zero-order valence-corrected chi connectivity index (χ0v) is 20.7. The minimum Gasteiger partial charge on any atom is -0.481 e. The number of hydrogen-bond acceptors (Lipinski definition) is 5. The van der Waals surface area contributed by atoms with Gasteiger partial charge in [-0.2, -0.15) is 17.5 Å². The van der Waals surface area contributed by atoms with Gasteiger partial charge in [-0.15, -0.1) is 0 Å². The molecular weight excluding hydrogens is 501 g/mol. The van der Waals surface area contributed by atoms with E-state index in [-0.39, 0.29) is 17.7 Å². The zero-order chi connectivity index (χ0) is 27.1. The number of rotatable bonds is 6. The maximum absolute atomic E-state index is 12.6. The van der Waals surface area contributed by atoms with Crippen LogP contribution >= 0.6 is 0 Å². The third kappa shape index (κ3) is 8.04. The number of carboxylic acids is 2. The molecule has 0 amide bonds. The van der Waals surface area contributed by atoms with Crippen LogP contribution in [0.2, 0.25) is 0 Å². The summed E-state index contributed by atoms with van der Waals surface area (Å²) in [6.45, 7) is 5.20. The second-order valence-corrected chi connectivity index (χ2v) is 10.7. The summed E-state index contributed by atoms with van der Waals surface area (Å²) in [5.41, 5.74) is -0.625. The number of carboxylic acid groups (broad SMARTS) is 2. The van der Waals surface area contributed by atoms with Gasteiger partial charge >= 0.3 is 18.1 Å². The molecule has 1 heterocycles. The van der Waals surface area contributed by atoms with Crippen LogP contribution in [0.3, 0.4) is 0 Å². The van der Waals surface area contributed by atoms with Gasteiger partial charge in [-0.05, 0) is 43.5 Å². The molecule has 198 valence electrons. The summed E-state index contributed by atoms with van der Waals surface area (Å²) in [4.78, 5) is 21.3. The molecule has 1 aromatic rings. The van der Waals surface area contributed by atoms with Crippen LogP contribution in [0.5, 0.6) is 0 Å². The minimum absolute atomic E-state index is 0.0359. The SMILES string of the molecule is C[C@@]1(C(=O)O)C=CC=C(C(=O)O)C1.Cc1cc(C(F)(F)F)ccc1C=CCS(=O)(=O)N1CCNCC1. The van der Waals surface area contributed by atoms with Crippen LogP contribution in [0.15, 0.2) is 48.1 Å². The molecule has 0 aromatic heterocycles. The predicted molar refractivity (Wildman–Crippen MR) is 129 cm³/mol. The lowest BCUT2D eigenvalue weighted by atomic mass is 9.80. The van der Waals surface area contributed by atoms with Gasteiger partial charge in [0.1, 0.15) is 0 Å². The summed E-state index contributed by atoms with van der Waals surface area (Å²) >= 11 is 0. The number of nitrogens with one attached hydrogen (secondary N) is 1. The highest BCUT2D eigenvalue weighted by Crippen LogP contribution is 2.32. The van der Waals surface area contributed by atoms with Crippen LogP contribution in [0.1, 0.15) is 30.0 Å². The Balaban J connectivity index is 0.000000297. The predicted octanol–water partition coefficient (Wildman–Crippen LogP) is 3.31. The van der Waals surface area contributed by atoms with Crippen LogP contribution in [-0.4, -0.2) is 66.8 Å². The molecule has 36 heavy (non-hydrogen) atoms. The van der Waals surface area contributed by atoms with Crippen LogP contribution in [0.25, 0.3) is 6.08 Å². The van der Waals surface area contributed by atoms with Gasteiger partial charge in [-0.25, -0.2) is 13.2 Å². The zero-order valence-electron chi connectivity index (χ0n) is 19.9. The topological polar surface area (TPSA) is 124 Å². The molecule has 1 aliphatic carbocycles. The number of halogens is 3. The van der Waals surface area contributed by atoms with Gasteiger partial charge < -0.3 is 15.5 Å². The molecule has 3 N–H and O–H groups in total. The molecule has 8 nitrogen and oxygen atoms in total. The molecule has 12 heteroatoms. The number of alkyl halides is 3. The van der Waals surface area contributed by atoms with E-state index in [0.717, 1.165) is 12.1 Å². The molecular formula is C24H29F3N2O6S. The average molecular weight is 531 g/mol. The van der Waals surface area contributed by atoms with E-state index in [1.165, 1.54) is 41.6 Å². The lowest BCUT2D eigenvalue weighted by molar-refractivity contribution is -0.145. The van der Waals surface area contributed by atoms with Crippen molar-refractivity contribution < 1.29 is 41.4 Å². The van der Waals surface area contributed by atoms with E-state index >= 15 is 0 Å². The Bertz CT molecular complexity index is 1170. The lowest BCUT2D eigenvalue weighted by Crippen LogP contribution is -2.46. The first-order valence-electron chi connectivity index (χ1n) is 11.0. The van der Waals surface area contributed by atoms with Crippen LogP contribution in [0.4, 0.5) is 13.2 Å². The van der Waals surface area contributed by atoms with Crippen molar-refractivity contribution in [1.82, 2.24) is 9.62 Å².